The maximum atomic E-state index is 13.9. The summed E-state index contributed by atoms with van der Waals surface area (Å²) in [7, 11) is -6.70. The third-order valence-corrected chi connectivity index (χ3v) is 4.37. The van der Waals surface area contributed by atoms with Crippen LogP contribution in [-0.2, 0) is 4.79 Å². The van der Waals surface area contributed by atoms with Crippen LogP contribution in [0.1, 0.15) is 24.7 Å². The Hall–Kier alpha value is -3.95. The first-order valence-electron chi connectivity index (χ1n) is 18.0. The van der Waals surface area contributed by atoms with E-state index in [0.717, 1.165) is 0 Å². The number of hydrogen-bond donors (Lipinski definition) is 1. The Morgan fingerprint density at radius 3 is 2.64 bits per heavy atom. The van der Waals surface area contributed by atoms with Crippen LogP contribution in [0, 0.1) is 0 Å². The molecule has 10 nitrogen and oxygen atoms in total. The summed E-state index contributed by atoms with van der Waals surface area (Å²) < 4.78 is 168. The molecule has 2 aliphatic heterocycles. The zero-order chi connectivity index (χ0) is 38.7. The van der Waals surface area contributed by atoms with Gasteiger partial charge in [0, 0.05) is 37.4 Å². The zero-order valence-corrected chi connectivity index (χ0v) is 16.3. The highest BCUT2D eigenvalue weighted by Gasteiger charge is 2.33. The normalized spacial score (nSPS) is 34.1. The highest BCUT2D eigenvalue weighted by Crippen LogP contribution is 2.34. The number of nitrogens with zero attached hydrogens (tertiary/aromatic N) is 4. The smallest absolute Gasteiger partial charge is 0.267 e. The molecular weight excluding hydrogens is 426 g/mol. The molecule has 0 bridgehead atoms. The highest BCUT2D eigenvalue weighted by atomic mass is 16.6. The van der Waals surface area contributed by atoms with Crippen LogP contribution in [0.15, 0.2) is 36.4 Å². The van der Waals surface area contributed by atoms with Gasteiger partial charge in [-0.15, -0.1) is 0 Å². The molecule has 1 atom stereocenters. The number of carbonyl (C=O) groups excluding carboxylic acids is 1. The number of aromatic nitrogens is 2. The molecule has 10 heteroatoms. The summed E-state index contributed by atoms with van der Waals surface area (Å²) in [5.41, 5.74) is 5.12. The van der Waals surface area contributed by atoms with Crippen LogP contribution < -0.4 is 29.6 Å². The number of nitrogen functional groups attached to an aromatic ring is 1. The third kappa shape index (κ3) is 3.88. The molecule has 2 aliphatic rings. The average Bonchev–Trinajstić information content (AvgIpc) is 2.94. The third-order valence-electron chi connectivity index (χ3n) is 4.37. The van der Waals surface area contributed by atoms with Crippen molar-refractivity contribution in [2.24, 2.45) is 0 Å². The highest BCUT2D eigenvalue weighted by molar-refractivity contribution is 5.91. The largest absolute Gasteiger partial charge is 0.493 e. The molecule has 1 amide bonds. The molecular formula is C23H25N5O5. The van der Waals surface area contributed by atoms with E-state index in [-0.39, 0.29) is 16.4 Å². The number of fused-ring (bicyclic) bond motifs is 2. The minimum atomic E-state index is -3.94. The summed E-state index contributed by atoms with van der Waals surface area (Å²) >= 11 is 0. The summed E-state index contributed by atoms with van der Waals surface area (Å²) in [5, 5.41) is -0.696. The van der Waals surface area contributed by atoms with Crippen molar-refractivity contribution >= 4 is 28.6 Å². The van der Waals surface area contributed by atoms with Gasteiger partial charge in [-0.3, -0.25) is 4.79 Å². The molecule has 172 valence electrons. The van der Waals surface area contributed by atoms with Crippen LogP contribution >= 0.6 is 0 Å². The number of ether oxygens (including phenoxy) is 4. The molecule has 0 radical (unpaired) electrons. The summed E-state index contributed by atoms with van der Waals surface area (Å²) in [6.07, 6.45) is -2.49. The second-order valence-electron chi connectivity index (χ2n) is 6.37. The van der Waals surface area contributed by atoms with Crippen LogP contribution in [0.2, 0.25) is 0 Å². The SMILES string of the molecule is [2H]c1c(OC([2H])([2H])[2H])c(OC([2H])([2H])[2H])c([2H])c2c(N)nc(N3C([2H])([2H])C([2H])([2H])N(C(=O)C4Oc5ccccc5OC4([2H])[2H])C([2H])([2H])C3([2H])[2H])nc12. The Kier molecular flexibility index (Phi) is 2.27. The molecule has 1 aromatic heterocycles. The van der Waals surface area contributed by atoms with E-state index in [2.05, 4.69) is 9.97 Å². The quantitative estimate of drug-likeness (QED) is 0.610. The van der Waals surface area contributed by atoms with Gasteiger partial charge in [0.15, 0.2) is 23.0 Å². The second kappa shape index (κ2) is 8.53. The van der Waals surface area contributed by atoms with Gasteiger partial charge in [0.1, 0.15) is 12.4 Å². The summed E-state index contributed by atoms with van der Waals surface area (Å²) in [6.45, 7) is -18.8. The lowest BCUT2D eigenvalue weighted by atomic mass is 10.2. The van der Waals surface area contributed by atoms with Gasteiger partial charge in [0.25, 0.3) is 5.91 Å². The standard InChI is InChI=1S/C23H25N5O5/c1-30-18-11-14-15(12-19(18)31-2)25-23(26-21(14)24)28-9-7-27(8-10-28)22(29)20-13-32-16-5-3-4-6-17(16)33-20/h3-6,11-12,20H,7-10,13H2,1-2H3,(H2,24,25,26)/i1D3,2D3,7D2,8D2,9D2,10D2,11D,12D,13D2. The number of rotatable bonds is 4. The summed E-state index contributed by atoms with van der Waals surface area (Å²) in [5.74, 6) is -6.77. The Morgan fingerprint density at radius 2 is 1.88 bits per heavy atom. The number of benzene rings is 2. The van der Waals surface area contributed by atoms with Crippen LogP contribution in [0.4, 0.5) is 11.8 Å². The lowest BCUT2D eigenvalue weighted by Crippen LogP contribution is -2.54. The summed E-state index contributed by atoms with van der Waals surface area (Å²) in [6, 6.07) is 3.23. The predicted molar refractivity (Wildman–Crippen MR) is 122 cm³/mol. The van der Waals surface area contributed by atoms with Crippen LogP contribution in [0.25, 0.3) is 10.9 Å². The van der Waals surface area contributed by atoms with Crippen molar-refractivity contribution in [3.05, 3.63) is 36.4 Å². The van der Waals surface area contributed by atoms with E-state index in [0.29, 0.717) is 0 Å². The fraction of sp³-hybridized carbons (Fsp3) is 0.348. The van der Waals surface area contributed by atoms with Crippen molar-refractivity contribution < 1.29 is 48.4 Å². The zero-order valence-electron chi connectivity index (χ0n) is 34.3. The molecule has 1 saturated heterocycles. The maximum absolute atomic E-state index is 13.9. The molecule has 0 spiro atoms. The number of para-hydroxylation sites is 2. The van der Waals surface area contributed by atoms with Crippen molar-refractivity contribution in [3.8, 4) is 23.0 Å². The predicted octanol–water partition coefficient (Wildman–Crippen LogP) is 1.72. The van der Waals surface area contributed by atoms with Gasteiger partial charge in [-0.2, -0.15) is 4.98 Å². The van der Waals surface area contributed by atoms with Crippen LogP contribution in [-0.4, -0.2) is 73.5 Å². The molecule has 1 unspecified atom stereocenters. The van der Waals surface area contributed by atoms with E-state index in [1.807, 2.05) is 0 Å². The summed E-state index contributed by atoms with van der Waals surface area (Å²) in [4.78, 5) is 20.6. The first-order valence-corrected chi connectivity index (χ1v) is 9.05. The molecule has 2 N–H and O–H groups in total. The number of nitrogens with two attached hydrogens (primary N) is 1. The average molecular weight is 470 g/mol. The molecule has 2 aromatic carbocycles. The van der Waals surface area contributed by atoms with Gasteiger partial charge in [-0.05, 0) is 18.2 Å². The fourth-order valence-corrected chi connectivity index (χ4v) is 2.84. The van der Waals surface area contributed by atoms with E-state index in [9.17, 15) is 4.79 Å². The number of piperazine rings is 1. The van der Waals surface area contributed by atoms with Crippen LogP contribution in [0.5, 0.6) is 23.0 Å². The number of hydrogen-bond acceptors (Lipinski definition) is 9. The van der Waals surface area contributed by atoms with E-state index >= 15 is 0 Å². The van der Waals surface area contributed by atoms with Crippen molar-refractivity contribution in [2.45, 2.75) is 6.10 Å². The number of carbonyl (C=O) groups is 1. The van der Waals surface area contributed by atoms with Gasteiger partial charge in [0.05, 0.1) is 44.3 Å². The first kappa shape index (κ1) is 8.77. The van der Waals surface area contributed by atoms with Crippen molar-refractivity contribution in [2.75, 3.05) is 57.3 Å². The van der Waals surface area contributed by atoms with Crippen molar-refractivity contribution in [1.82, 2.24) is 14.9 Å². The van der Waals surface area contributed by atoms with Crippen molar-refractivity contribution in [1.29, 1.82) is 0 Å². The molecule has 0 saturated carbocycles. The van der Waals surface area contributed by atoms with Gasteiger partial charge in [0.2, 0.25) is 12.1 Å². The second-order valence-corrected chi connectivity index (χ2v) is 6.37. The topological polar surface area (TPSA) is 112 Å². The first-order chi connectivity index (χ1) is 23.0. The number of methoxy groups -OCH3 is 2. The molecule has 1 fully saturated rings. The van der Waals surface area contributed by atoms with E-state index < -0.39 is 110 Å². The maximum Gasteiger partial charge on any atom is 0.267 e. The van der Waals surface area contributed by atoms with Gasteiger partial charge >= 0.3 is 0 Å². The Balaban J connectivity index is 1.70. The molecule has 33 heavy (non-hydrogen) atoms. The Bertz CT molecular complexity index is 1890. The minimum Gasteiger partial charge on any atom is -0.493 e. The molecule has 5 rings (SSSR count). The van der Waals surface area contributed by atoms with Crippen molar-refractivity contribution in [3.63, 3.8) is 0 Å². The van der Waals surface area contributed by atoms with E-state index in [1.165, 1.54) is 24.3 Å². The van der Waals surface area contributed by atoms with Gasteiger partial charge in [-0.1, -0.05) is 12.1 Å². The van der Waals surface area contributed by atoms with E-state index in [4.69, 9.17) is 49.4 Å². The van der Waals surface area contributed by atoms with Gasteiger partial charge in [-0.25, -0.2) is 4.98 Å². The number of amides is 1. The fourth-order valence-electron chi connectivity index (χ4n) is 2.84. The Morgan fingerprint density at radius 1 is 1.15 bits per heavy atom. The lowest BCUT2D eigenvalue weighted by Gasteiger charge is -2.37. The molecule has 3 aromatic rings. The molecule has 0 aliphatic carbocycles. The monoisotopic (exact) mass is 469 g/mol. The van der Waals surface area contributed by atoms with Crippen LogP contribution in [0.3, 0.4) is 0 Å². The Labute approximate surface area is 216 Å². The van der Waals surface area contributed by atoms with Gasteiger partial charge < -0.3 is 34.5 Å². The number of anilines is 2. The molecule has 3 heterocycles. The minimum absolute atomic E-state index is 0.173. The van der Waals surface area contributed by atoms with E-state index in [1.54, 1.807) is 0 Å². The lowest BCUT2D eigenvalue weighted by molar-refractivity contribution is -0.141.